The van der Waals surface area contributed by atoms with E-state index >= 15 is 0 Å². The molecule has 2 aliphatic rings. The van der Waals surface area contributed by atoms with Crippen molar-refractivity contribution in [1.82, 2.24) is 9.80 Å². The number of ether oxygens (including phenoxy) is 2. The number of imide groups is 1. The van der Waals surface area contributed by atoms with E-state index in [0.717, 1.165) is 0 Å². The van der Waals surface area contributed by atoms with E-state index in [1.54, 1.807) is 25.7 Å². The summed E-state index contributed by atoms with van der Waals surface area (Å²) in [4.78, 5) is 39.6. The molecule has 3 amide bonds. The molecule has 7 heteroatoms. The topological polar surface area (TPSA) is 76.2 Å². The van der Waals surface area contributed by atoms with Crippen molar-refractivity contribution in [1.29, 1.82) is 0 Å². The van der Waals surface area contributed by atoms with Crippen LogP contribution in [0.25, 0.3) is 0 Å². The highest BCUT2D eigenvalue weighted by molar-refractivity contribution is 5.94. The molecule has 0 aliphatic carbocycles. The Morgan fingerprint density at radius 1 is 0.920 bits per heavy atom. The molecule has 0 atom stereocenters. The van der Waals surface area contributed by atoms with Crippen molar-refractivity contribution in [3.63, 3.8) is 0 Å². The van der Waals surface area contributed by atoms with Crippen molar-refractivity contribution < 1.29 is 23.9 Å². The number of amides is 3. The summed E-state index contributed by atoms with van der Waals surface area (Å²) in [6.07, 6.45) is 0.780. The molecule has 2 saturated heterocycles. The van der Waals surface area contributed by atoms with Gasteiger partial charge in [0, 0.05) is 31.5 Å². The maximum absolute atomic E-state index is 12.3. The Hall–Kier alpha value is -1.79. The lowest BCUT2D eigenvalue weighted by Crippen LogP contribution is -2.46. The Balaban J connectivity index is 1.94. The lowest BCUT2D eigenvalue weighted by atomic mass is 9.78. The molecule has 2 fully saturated rings. The molecule has 2 heterocycles. The van der Waals surface area contributed by atoms with Gasteiger partial charge in [-0.2, -0.15) is 0 Å². The summed E-state index contributed by atoms with van der Waals surface area (Å²) in [5.41, 5.74) is -1.41. The number of rotatable bonds is 0. The third-order valence-electron chi connectivity index (χ3n) is 4.41. The summed E-state index contributed by atoms with van der Waals surface area (Å²) in [5.74, 6) is -0.194. The summed E-state index contributed by atoms with van der Waals surface area (Å²) in [5, 5.41) is 0. The molecule has 142 valence electrons. The van der Waals surface area contributed by atoms with Crippen LogP contribution in [0.2, 0.25) is 0 Å². The van der Waals surface area contributed by atoms with Gasteiger partial charge in [-0.05, 0) is 54.4 Å². The zero-order valence-electron chi connectivity index (χ0n) is 16.2. The smallest absolute Gasteiger partial charge is 0.417 e. The predicted octanol–water partition coefficient (Wildman–Crippen LogP) is 3.17. The average molecular weight is 354 g/mol. The van der Waals surface area contributed by atoms with Gasteiger partial charge in [0.05, 0.1) is 0 Å². The van der Waals surface area contributed by atoms with E-state index < -0.39 is 17.3 Å². The van der Waals surface area contributed by atoms with E-state index in [1.165, 1.54) is 4.90 Å². The molecule has 1 spiro atoms. The average Bonchev–Trinajstić information content (AvgIpc) is 2.72. The Morgan fingerprint density at radius 2 is 1.40 bits per heavy atom. The molecule has 0 aromatic carbocycles. The lowest BCUT2D eigenvalue weighted by molar-refractivity contribution is -0.127. The fourth-order valence-electron chi connectivity index (χ4n) is 3.20. The number of likely N-dealkylation sites (tertiary alicyclic amines) is 2. The van der Waals surface area contributed by atoms with Crippen LogP contribution < -0.4 is 0 Å². The molecule has 7 nitrogen and oxygen atoms in total. The molecule has 0 radical (unpaired) electrons. The van der Waals surface area contributed by atoms with Crippen LogP contribution in [0.3, 0.4) is 0 Å². The Morgan fingerprint density at radius 3 is 1.88 bits per heavy atom. The number of hydrogen-bond donors (Lipinski definition) is 0. The van der Waals surface area contributed by atoms with Gasteiger partial charge in [-0.1, -0.05) is 0 Å². The fraction of sp³-hybridized carbons (Fsp3) is 0.833. The first kappa shape index (κ1) is 19.5. The summed E-state index contributed by atoms with van der Waals surface area (Å²) in [6, 6.07) is 0. The van der Waals surface area contributed by atoms with Gasteiger partial charge < -0.3 is 14.4 Å². The monoisotopic (exact) mass is 354 g/mol. The lowest BCUT2D eigenvalue weighted by Gasteiger charge is -2.39. The van der Waals surface area contributed by atoms with Gasteiger partial charge in [-0.15, -0.1) is 0 Å². The fourth-order valence-corrected chi connectivity index (χ4v) is 3.20. The van der Waals surface area contributed by atoms with Crippen molar-refractivity contribution in [3.05, 3.63) is 0 Å². The van der Waals surface area contributed by atoms with Crippen molar-refractivity contribution in [3.8, 4) is 0 Å². The van der Waals surface area contributed by atoms with E-state index in [2.05, 4.69) is 0 Å². The van der Waals surface area contributed by atoms with Crippen molar-refractivity contribution in [2.24, 2.45) is 5.41 Å². The summed E-state index contributed by atoms with van der Waals surface area (Å²) < 4.78 is 10.7. The van der Waals surface area contributed by atoms with Gasteiger partial charge in [-0.3, -0.25) is 4.79 Å². The highest BCUT2D eigenvalue weighted by Crippen LogP contribution is 2.41. The summed E-state index contributed by atoms with van der Waals surface area (Å²) >= 11 is 0. The van der Waals surface area contributed by atoms with Crippen molar-refractivity contribution >= 4 is 18.1 Å². The van der Waals surface area contributed by atoms with E-state index in [1.807, 2.05) is 20.8 Å². The maximum atomic E-state index is 12.3. The maximum Gasteiger partial charge on any atom is 0.417 e. The molecular formula is C18H30N2O5. The standard InChI is InChI=1S/C18H30N2O5/c1-16(2,3)24-14(22)19-9-7-18(8-10-19)11-13(21)20(12-18)15(23)25-17(4,5)6/h7-12H2,1-6H3. The molecular weight excluding hydrogens is 324 g/mol. The first-order chi connectivity index (χ1) is 11.3. The second-order valence-corrected chi connectivity index (χ2v) is 9.10. The van der Waals surface area contributed by atoms with Crippen LogP contribution in [-0.2, 0) is 14.3 Å². The number of piperidine rings is 1. The van der Waals surface area contributed by atoms with Crippen LogP contribution in [0.1, 0.15) is 60.8 Å². The molecule has 0 N–H and O–H groups in total. The van der Waals surface area contributed by atoms with Crippen LogP contribution in [-0.4, -0.2) is 58.7 Å². The van der Waals surface area contributed by atoms with Crippen LogP contribution >= 0.6 is 0 Å². The Kier molecular flexibility index (Phi) is 5.08. The van der Waals surface area contributed by atoms with Crippen LogP contribution in [0, 0.1) is 5.41 Å². The SMILES string of the molecule is CC(C)(C)OC(=O)N1CCC2(CC1)CC(=O)N(C(=O)OC(C)(C)C)C2. The Bertz CT molecular complexity index is 551. The number of hydrogen-bond acceptors (Lipinski definition) is 5. The van der Waals surface area contributed by atoms with E-state index in [0.29, 0.717) is 38.9 Å². The van der Waals surface area contributed by atoms with Crippen molar-refractivity contribution in [2.45, 2.75) is 72.0 Å². The van der Waals surface area contributed by atoms with E-state index in [4.69, 9.17) is 9.47 Å². The molecule has 2 rings (SSSR count). The van der Waals surface area contributed by atoms with E-state index in [9.17, 15) is 14.4 Å². The highest BCUT2D eigenvalue weighted by Gasteiger charge is 2.48. The molecule has 0 aromatic rings. The minimum absolute atomic E-state index is 0.194. The van der Waals surface area contributed by atoms with Gasteiger partial charge in [-0.25, -0.2) is 14.5 Å². The minimum Gasteiger partial charge on any atom is -0.444 e. The molecule has 2 aliphatic heterocycles. The van der Waals surface area contributed by atoms with Gasteiger partial charge in [0.2, 0.25) is 5.91 Å². The number of carbonyl (C=O) groups is 3. The second-order valence-electron chi connectivity index (χ2n) is 9.10. The van der Waals surface area contributed by atoms with Crippen molar-refractivity contribution in [2.75, 3.05) is 19.6 Å². The Labute approximate surface area is 149 Å². The molecule has 0 aromatic heterocycles. The summed E-state index contributed by atoms with van der Waals surface area (Å²) in [6.45, 7) is 12.3. The third kappa shape index (κ3) is 5.09. The van der Waals surface area contributed by atoms with Gasteiger partial charge in [0.25, 0.3) is 0 Å². The molecule has 0 bridgehead atoms. The minimum atomic E-state index is -0.632. The quantitative estimate of drug-likeness (QED) is 0.668. The second kappa shape index (κ2) is 6.50. The summed E-state index contributed by atoms with van der Waals surface area (Å²) in [7, 11) is 0. The largest absolute Gasteiger partial charge is 0.444 e. The third-order valence-corrected chi connectivity index (χ3v) is 4.41. The van der Waals surface area contributed by atoms with Crippen LogP contribution in [0.15, 0.2) is 0 Å². The molecule has 0 saturated carbocycles. The predicted molar refractivity (Wildman–Crippen MR) is 92.0 cm³/mol. The normalized spacial score (nSPS) is 20.8. The first-order valence-electron chi connectivity index (χ1n) is 8.82. The van der Waals surface area contributed by atoms with Crippen LogP contribution in [0.5, 0.6) is 0 Å². The highest BCUT2D eigenvalue weighted by atomic mass is 16.6. The van der Waals surface area contributed by atoms with Gasteiger partial charge in [0.15, 0.2) is 0 Å². The zero-order valence-corrected chi connectivity index (χ0v) is 16.2. The number of carbonyl (C=O) groups excluding carboxylic acids is 3. The first-order valence-corrected chi connectivity index (χ1v) is 8.82. The molecule has 0 unspecified atom stereocenters. The molecule has 25 heavy (non-hydrogen) atoms. The number of nitrogens with zero attached hydrogens (tertiary/aromatic N) is 2. The van der Waals surface area contributed by atoms with Gasteiger partial charge >= 0.3 is 12.2 Å². The van der Waals surface area contributed by atoms with Gasteiger partial charge in [0.1, 0.15) is 11.2 Å². The zero-order chi connectivity index (χ0) is 19.0. The van der Waals surface area contributed by atoms with Crippen LogP contribution in [0.4, 0.5) is 9.59 Å². The van der Waals surface area contributed by atoms with E-state index in [-0.39, 0.29) is 17.4 Å².